The van der Waals surface area contributed by atoms with Crippen molar-refractivity contribution in [3.05, 3.63) is 29.8 Å². The highest BCUT2D eigenvalue weighted by atomic mass is 16.5. The summed E-state index contributed by atoms with van der Waals surface area (Å²) in [6.45, 7) is 5.89. The molecule has 20 heavy (non-hydrogen) atoms. The van der Waals surface area contributed by atoms with Crippen LogP contribution < -0.4 is 10.1 Å². The van der Waals surface area contributed by atoms with E-state index >= 15 is 0 Å². The van der Waals surface area contributed by atoms with Crippen LogP contribution in [0.4, 0.5) is 0 Å². The molecular weight excluding hydrogens is 254 g/mol. The van der Waals surface area contributed by atoms with E-state index in [2.05, 4.69) is 31.3 Å². The largest absolute Gasteiger partial charge is 0.491 e. The van der Waals surface area contributed by atoms with Crippen LogP contribution in [0.3, 0.4) is 0 Å². The van der Waals surface area contributed by atoms with Crippen molar-refractivity contribution in [3.63, 3.8) is 0 Å². The molecule has 0 heterocycles. The molecule has 114 valence electrons. The first-order valence-electron chi connectivity index (χ1n) is 7.27. The number of hydrogen-bond donors (Lipinski definition) is 2. The molecule has 2 unspecified atom stereocenters. The van der Waals surface area contributed by atoms with Crippen LogP contribution in [0.1, 0.15) is 25.8 Å². The van der Waals surface area contributed by atoms with Crippen LogP contribution in [0, 0.1) is 0 Å². The number of hydrogen-bond acceptors (Lipinski definition) is 4. The molecule has 0 saturated carbocycles. The minimum absolute atomic E-state index is 0.255. The molecule has 4 nitrogen and oxygen atoms in total. The third-order valence-electron chi connectivity index (χ3n) is 3.14. The molecule has 1 rings (SSSR count). The summed E-state index contributed by atoms with van der Waals surface area (Å²) < 4.78 is 10.3. The molecule has 0 aromatic heterocycles. The first kappa shape index (κ1) is 17.0. The fourth-order valence-electron chi connectivity index (χ4n) is 2.02. The van der Waals surface area contributed by atoms with Gasteiger partial charge in [-0.25, -0.2) is 0 Å². The second-order valence-electron chi connectivity index (χ2n) is 5.06. The highest BCUT2D eigenvalue weighted by molar-refractivity contribution is 5.27. The lowest BCUT2D eigenvalue weighted by Crippen LogP contribution is -2.25. The molecule has 0 aliphatic heterocycles. The summed E-state index contributed by atoms with van der Waals surface area (Å²) in [4.78, 5) is 0. The van der Waals surface area contributed by atoms with E-state index < -0.39 is 6.10 Å². The van der Waals surface area contributed by atoms with E-state index in [1.165, 1.54) is 5.56 Å². The molecule has 0 saturated heterocycles. The van der Waals surface area contributed by atoms with Gasteiger partial charge in [0.25, 0.3) is 0 Å². The smallest absolute Gasteiger partial charge is 0.119 e. The van der Waals surface area contributed by atoms with Gasteiger partial charge >= 0.3 is 0 Å². The maximum Gasteiger partial charge on any atom is 0.119 e. The quantitative estimate of drug-likeness (QED) is 0.689. The average Bonchev–Trinajstić information content (AvgIpc) is 2.45. The second kappa shape index (κ2) is 9.75. The van der Waals surface area contributed by atoms with E-state index in [4.69, 9.17) is 9.47 Å². The predicted molar refractivity (Wildman–Crippen MR) is 81.3 cm³/mol. The molecule has 1 aromatic rings. The van der Waals surface area contributed by atoms with Gasteiger partial charge in [-0.15, -0.1) is 0 Å². The first-order chi connectivity index (χ1) is 9.65. The zero-order valence-corrected chi connectivity index (χ0v) is 12.8. The topological polar surface area (TPSA) is 50.7 Å². The standard InChI is InChI=1S/C16H27NO3/c1-4-17-13(2)5-6-14-7-9-16(10-8-14)20-12-15(18)11-19-3/h7-10,13,15,17-18H,4-6,11-12H2,1-3H3. The van der Waals surface area contributed by atoms with Gasteiger partial charge in [0, 0.05) is 13.2 Å². The van der Waals surface area contributed by atoms with Crippen LogP contribution >= 0.6 is 0 Å². The second-order valence-corrected chi connectivity index (χ2v) is 5.06. The molecule has 1 aromatic carbocycles. The van der Waals surface area contributed by atoms with E-state index in [-0.39, 0.29) is 6.61 Å². The summed E-state index contributed by atoms with van der Waals surface area (Å²) in [5.41, 5.74) is 1.31. The Morgan fingerprint density at radius 1 is 1.20 bits per heavy atom. The van der Waals surface area contributed by atoms with Crippen molar-refractivity contribution in [2.45, 2.75) is 38.8 Å². The number of nitrogens with one attached hydrogen (secondary N) is 1. The molecule has 0 bridgehead atoms. The Bertz CT molecular complexity index is 318. The monoisotopic (exact) mass is 281 g/mol. The lowest BCUT2D eigenvalue weighted by molar-refractivity contribution is 0.0325. The fourth-order valence-corrected chi connectivity index (χ4v) is 2.02. The predicted octanol–water partition coefficient (Wildman–Crippen LogP) is 2.00. The average molecular weight is 281 g/mol. The van der Waals surface area contributed by atoms with Crippen molar-refractivity contribution < 1.29 is 14.6 Å². The Kier molecular flexibility index (Phi) is 8.26. The number of aliphatic hydroxyl groups is 1. The van der Waals surface area contributed by atoms with Crippen molar-refractivity contribution in [1.82, 2.24) is 5.32 Å². The van der Waals surface area contributed by atoms with Crippen LogP contribution in [0.15, 0.2) is 24.3 Å². The third-order valence-corrected chi connectivity index (χ3v) is 3.14. The molecule has 0 radical (unpaired) electrons. The zero-order valence-electron chi connectivity index (χ0n) is 12.8. The molecule has 0 fully saturated rings. The van der Waals surface area contributed by atoms with Crippen LogP contribution in [0.2, 0.25) is 0 Å². The van der Waals surface area contributed by atoms with Crippen LogP contribution in [0.5, 0.6) is 5.75 Å². The summed E-state index contributed by atoms with van der Waals surface area (Å²) in [6, 6.07) is 8.60. The molecular formula is C16H27NO3. The van der Waals surface area contributed by atoms with Crippen LogP contribution in [0.25, 0.3) is 0 Å². The maximum absolute atomic E-state index is 9.50. The highest BCUT2D eigenvalue weighted by Crippen LogP contribution is 2.14. The van der Waals surface area contributed by atoms with Crippen molar-refractivity contribution in [3.8, 4) is 5.75 Å². The summed E-state index contributed by atoms with van der Waals surface area (Å²) in [5.74, 6) is 0.781. The van der Waals surface area contributed by atoms with Crippen molar-refractivity contribution in [2.75, 3.05) is 26.9 Å². The molecule has 0 aliphatic rings. The van der Waals surface area contributed by atoms with Crippen molar-refractivity contribution >= 4 is 0 Å². The number of methoxy groups -OCH3 is 1. The Morgan fingerprint density at radius 3 is 2.50 bits per heavy atom. The Morgan fingerprint density at radius 2 is 1.90 bits per heavy atom. The van der Waals surface area contributed by atoms with Crippen LogP contribution in [-0.2, 0) is 11.2 Å². The summed E-state index contributed by atoms with van der Waals surface area (Å²) >= 11 is 0. The maximum atomic E-state index is 9.50. The Hall–Kier alpha value is -1.10. The van der Waals surface area contributed by atoms with Gasteiger partial charge < -0.3 is 19.9 Å². The van der Waals surface area contributed by atoms with Gasteiger partial charge in [0.1, 0.15) is 18.5 Å². The molecule has 0 spiro atoms. The molecule has 2 N–H and O–H groups in total. The Labute approximate surface area is 122 Å². The summed E-state index contributed by atoms with van der Waals surface area (Å²) in [7, 11) is 1.56. The van der Waals surface area contributed by atoms with Gasteiger partial charge in [-0.3, -0.25) is 0 Å². The fraction of sp³-hybridized carbons (Fsp3) is 0.625. The molecule has 4 heteroatoms. The number of benzene rings is 1. The third kappa shape index (κ3) is 6.89. The summed E-state index contributed by atoms with van der Waals surface area (Å²) in [6.07, 6.45) is 1.60. The van der Waals surface area contributed by atoms with Gasteiger partial charge in [0.2, 0.25) is 0 Å². The minimum atomic E-state index is -0.583. The minimum Gasteiger partial charge on any atom is -0.491 e. The molecule has 0 aliphatic carbocycles. The molecule has 2 atom stereocenters. The van der Waals surface area contributed by atoms with Gasteiger partial charge in [0.15, 0.2) is 0 Å². The van der Waals surface area contributed by atoms with E-state index in [1.807, 2.05) is 12.1 Å². The zero-order chi connectivity index (χ0) is 14.8. The van der Waals surface area contributed by atoms with E-state index in [0.29, 0.717) is 12.6 Å². The number of aryl methyl sites for hydroxylation is 1. The van der Waals surface area contributed by atoms with Crippen LogP contribution in [-0.4, -0.2) is 44.1 Å². The Balaban J connectivity index is 2.32. The SMILES string of the molecule is CCNC(C)CCc1ccc(OCC(O)COC)cc1. The van der Waals surface area contributed by atoms with E-state index in [9.17, 15) is 5.11 Å². The van der Waals surface area contributed by atoms with Gasteiger partial charge in [-0.1, -0.05) is 19.1 Å². The van der Waals surface area contributed by atoms with Crippen molar-refractivity contribution in [2.24, 2.45) is 0 Å². The van der Waals surface area contributed by atoms with E-state index in [0.717, 1.165) is 25.1 Å². The molecule has 0 amide bonds. The van der Waals surface area contributed by atoms with Gasteiger partial charge in [0.05, 0.1) is 6.61 Å². The number of rotatable bonds is 10. The lowest BCUT2D eigenvalue weighted by atomic mass is 10.1. The first-order valence-corrected chi connectivity index (χ1v) is 7.27. The van der Waals surface area contributed by atoms with E-state index in [1.54, 1.807) is 7.11 Å². The van der Waals surface area contributed by atoms with Gasteiger partial charge in [-0.05, 0) is 44.0 Å². The summed E-state index contributed by atoms with van der Waals surface area (Å²) in [5, 5.41) is 12.9. The normalized spacial score (nSPS) is 14.0. The number of aliphatic hydroxyl groups excluding tert-OH is 1. The number of ether oxygens (including phenoxy) is 2. The highest BCUT2D eigenvalue weighted by Gasteiger charge is 2.05. The van der Waals surface area contributed by atoms with Crippen molar-refractivity contribution in [1.29, 1.82) is 0 Å². The van der Waals surface area contributed by atoms with Gasteiger partial charge in [-0.2, -0.15) is 0 Å². The lowest BCUT2D eigenvalue weighted by Gasteiger charge is -2.13.